The Balaban J connectivity index is 1.53. The van der Waals surface area contributed by atoms with Crippen molar-refractivity contribution in [2.75, 3.05) is 26.2 Å². The van der Waals surface area contributed by atoms with Gasteiger partial charge in [0.25, 0.3) is 11.8 Å². The Kier molecular flexibility index (Phi) is 6.08. The SMILES string of the molecule is CCCNC(=O)c1cccc(C(=O)N2CCC(NCC3CC3)CC2)c1. The molecule has 5 nitrogen and oxygen atoms in total. The van der Waals surface area contributed by atoms with Crippen molar-refractivity contribution in [3.8, 4) is 0 Å². The van der Waals surface area contributed by atoms with E-state index in [1.54, 1.807) is 24.3 Å². The summed E-state index contributed by atoms with van der Waals surface area (Å²) in [5, 5.41) is 6.49. The molecular formula is C20H29N3O2. The van der Waals surface area contributed by atoms with E-state index >= 15 is 0 Å². The second kappa shape index (κ2) is 8.48. The fourth-order valence-electron chi connectivity index (χ4n) is 3.26. The van der Waals surface area contributed by atoms with E-state index in [1.807, 2.05) is 11.8 Å². The fourth-order valence-corrected chi connectivity index (χ4v) is 3.26. The van der Waals surface area contributed by atoms with Crippen LogP contribution < -0.4 is 10.6 Å². The monoisotopic (exact) mass is 343 g/mol. The van der Waals surface area contributed by atoms with E-state index in [1.165, 1.54) is 12.8 Å². The third-order valence-electron chi connectivity index (χ3n) is 5.08. The van der Waals surface area contributed by atoms with Gasteiger partial charge >= 0.3 is 0 Å². The number of carbonyl (C=O) groups is 2. The molecule has 0 atom stereocenters. The van der Waals surface area contributed by atoms with Gasteiger partial charge in [0, 0.05) is 36.8 Å². The number of amides is 2. The van der Waals surface area contributed by atoms with Gasteiger partial charge in [-0.25, -0.2) is 0 Å². The van der Waals surface area contributed by atoms with E-state index in [2.05, 4.69) is 10.6 Å². The molecule has 1 aliphatic heterocycles. The Morgan fingerprint density at radius 2 is 1.84 bits per heavy atom. The minimum absolute atomic E-state index is 0.0331. The maximum Gasteiger partial charge on any atom is 0.253 e. The average molecular weight is 343 g/mol. The summed E-state index contributed by atoms with van der Waals surface area (Å²) in [5.74, 6) is 0.812. The van der Waals surface area contributed by atoms with E-state index in [0.29, 0.717) is 23.7 Å². The lowest BCUT2D eigenvalue weighted by molar-refractivity contribution is 0.0705. The largest absolute Gasteiger partial charge is 0.352 e. The van der Waals surface area contributed by atoms with E-state index in [-0.39, 0.29) is 11.8 Å². The summed E-state index contributed by atoms with van der Waals surface area (Å²) in [5.41, 5.74) is 1.16. The van der Waals surface area contributed by atoms with Gasteiger partial charge in [-0.1, -0.05) is 13.0 Å². The maximum absolute atomic E-state index is 12.7. The van der Waals surface area contributed by atoms with E-state index in [4.69, 9.17) is 0 Å². The molecule has 1 heterocycles. The molecule has 1 saturated carbocycles. The van der Waals surface area contributed by atoms with Crippen molar-refractivity contribution in [2.24, 2.45) is 5.92 Å². The molecule has 1 aliphatic carbocycles. The van der Waals surface area contributed by atoms with Gasteiger partial charge in [-0.3, -0.25) is 9.59 Å². The topological polar surface area (TPSA) is 61.4 Å². The smallest absolute Gasteiger partial charge is 0.253 e. The van der Waals surface area contributed by atoms with Gasteiger partial charge in [-0.05, 0) is 62.8 Å². The molecule has 2 fully saturated rings. The summed E-state index contributed by atoms with van der Waals surface area (Å²) in [6, 6.07) is 7.60. The third-order valence-corrected chi connectivity index (χ3v) is 5.08. The zero-order chi connectivity index (χ0) is 17.6. The van der Waals surface area contributed by atoms with Crippen LogP contribution in [-0.2, 0) is 0 Å². The third kappa shape index (κ3) is 5.05. The van der Waals surface area contributed by atoms with Gasteiger partial charge in [0.05, 0.1) is 0 Å². The first kappa shape index (κ1) is 17.9. The van der Waals surface area contributed by atoms with Gasteiger partial charge < -0.3 is 15.5 Å². The number of piperidine rings is 1. The molecule has 0 aromatic heterocycles. The molecule has 2 N–H and O–H groups in total. The minimum Gasteiger partial charge on any atom is -0.352 e. The van der Waals surface area contributed by atoms with Crippen LogP contribution in [0, 0.1) is 5.92 Å². The summed E-state index contributed by atoms with van der Waals surface area (Å²) in [6.07, 6.45) is 5.65. The highest BCUT2D eigenvalue weighted by Gasteiger charge is 2.26. The molecule has 0 spiro atoms. The van der Waals surface area contributed by atoms with Crippen molar-refractivity contribution >= 4 is 11.8 Å². The van der Waals surface area contributed by atoms with Gasteiger partial charge in [-0.15, -0.1) is 0 Å². The number of nitrogens with one attached hydrogen (secondary N) is 2. The van der Waals surface area contributed by atoms with Crippen molar-refractivity contribution in [2.45, 2.75) is 45.1 Å². The lowest BCUT2D eigenvalue weighted by Gasteiger charge is -2.32. The van der Waals surface area contributed by atoms with E-state index in [0.717, 1.165) is 44.8 Å². The van der Waals surface area contributed by atoms with Crippen LogP contribution in [0.3, 0.4) is 0 Å². The number of benzene rings is 1. The molecule has 1 aromatic rings. The Morgan fingerprint density at radius 3 is 2.52 bits per heavy atom. The maximum atomic E-state index is 12.7. The van der Waals surface area contributed by atoms with Crippen LogP contribution >= 0.6 is 0 Å². The summed E-state index contributed by atoms with van der Waals surface area (Å²) in [6.45, 7) is 5.37. The molecule has 25 heavy (non-hydrogen) atoms. The Bertz CT molecular complexity index is 605. The number of rotatable bonds is 7. The number of carbonyl (C=O) groups excluding carboxylic acids is 2. The molecule has 136 valence electrons. The predicted molar refractivity (Wildman–Crippen MR) is 98.7 cm³/mol. The van der Waals surface area contributed by atoms with Crippen LogP contribution in [0.25, 0.3) is 0 Å². The van der Waals surface area contributed by atoms with Crippen molar-refractivity contribution < 1.29 is 9.59 Å². The van der Waals surface area contributed by atoms with Crippen molar-refractivity contribution in [1.82, 2.24) is 15.5 Å². The zero-order valence-corrected chi connectivity index (χ0v) is 15.1. The van der Waals surface area contributed by atoms with Gasteiger partial charge in [0.2, 0.25) is 0 Å². The van der Waals surface area contributed by atoms with Crippen LogP contribution in [0.5, 0.6) is 0 Å². The Labute approximate surface area is 150 Å². The molecule has 2 amide bonds. The lowest BCUT2D eigenvalue weighted by atomic mass is 10.0. The molecular weight excluding hydrogens is 314 g/mol. The second-order valence-electron chi connectivity index (χ2n) is 7.25. The molecule has 5 heteroatoms. The Hall–Kier alpha value is -1.88. The highest BCUT2D eigenvalue weighted by Crippen LogP contribution is 2.28. The molecule has 0 unspecified atom stereocenters. The number of nitrogens with zero attached hydrogens (tertiary/aromatic N) is 1. The van der Waals surface area contributed by atoms with Gasteiger partial charge in [-0.2, -0.15) is 0 Å². The second-order valence-corrected chi connectivity index (χ2v) is 7.25. The number of hydrogen-bond acceptors (Lipinski definition) is 3. The zero-order valence-electron chi connectivity index (χ0n) is 15.1. The molecule has 2 aliphatic rings. The Morgan fingerprint density at radius 1 is 1.12 bits per heavy atom. The summed E-state index contributed by atoms with van der Waals surface area (Å²) >= 11 is 0. The first-order valence-electron chi connectivity index (χ1n) is 9.58. The van der Waals surface area contributed by atoms with Crippen LogP contribution in [0.4, 0.5) is 0 Å². The molecule has 3 rings (SSSR count). The molecule has 0 radical (unpaired) electrons. The summed E-state index contributed by atoms with van der Waals surface area (Å²) in [4.78, 5) is 26.7. The predicted octanol–water partition coefficient (Wildman–Crippen LogP) is 2.43. The fraction of sp³-hybridized carbons (Fsp3) is 0.600. The lowest BCUT2D eigenvalue weighted by Crippen LogP contribution is -2.45. The summed E-state index contributed by atoms with van der Waals surface area (Å²) in [7, 11) is 0. The number of hydrogen-bond donors (Lipinski definition) is 2. The molecule has 1 aromatic carbocycles. The van der Waals surface area contributed by atoms with Gasteiger partial charge in [0.1, 0.15) is 0 Å². The van der Waals surface area contributed by atoms with E-state index < -0.39 is 0 Å². The van der Waals surface area contributed by atoms with Crippen molar-refractivity contribution in [3.05, 3.63) is 35.4 Å². The van der Waals surface area contributed by atoms with Crippen LogP contribution in [0.1, 0.15) is 59.7 Å². The first-order chi connectivity index (χ1) is 12.2. The molecule has 0 bridgehead atoms. The van der Waals surface area contributed by atoms with Crippen LogP contribution in [0.2, 0.25) is 0 Å². The van der Waals surface area contributed by atoms with Gasteiger partial charge in [0.15, 0.2) is 0 Å². The quantitative estimate of drug-likeness (QED) is 0.799. The van der Waals surface area contributed by atoms with Crippen molar-refractivity contribution in [1.29, 1.82) is 0 Å². The summed E-state index contributed by atoms with van der Waals surface area (Å²) < 4.78 is 0. The van der Waals surface area contributed by atoms with Crippen LogP contribution in [-0.4, -0.2) is 48.9 Å². The highest BCUT2D eigenvalue weighted by atomic mass is 16.2. The highest BCUT2D eigenvalue weighted by molar-refractivity contribution is 5.99. The van der Waals surface area contributed by atoms with E-state index in [9.17, 15) is 9.59 Å². The van der Waals surface area contributed by atoms with Crippen LogP contribution in [0.15, 0.2) is 24.3 Å². The van der Waals surface area contributed by atoms with Crippen molar-refractivity contribution in [3.63, 3.8) is 0 Å². The average Bonchev–Trinajstić information content (AvgIpc) is 3.49. The first-order valence-corrected chi connectivity index (χ1v) is 9.58. The number of likely N-dealkylation sites (tertiary alicyclic amines) is 1. The standard InChI is InChI=1S/C20H29N3O2/c1-2-10-21-19(24)16-4-3-5-17(13-16)20(25)23-11-8-18(9-12-23)22-14-15-6-7-15/h3-5,13,15,18,22H,2,6-12,14H2,1H3,(H,21,24). The molecule has 1 saturated heterocycles. The normalized spacial score (nSPS) is 18.2. The minimum atomic E-state index is -0.112.